The van der Waals surface area contributed by atoms with Crippen LogP contribution in [0.3, 0.4) is 0 Å². The number of hydrogen-bond donors (Lipinski definition) is 2. The molecule has 1 aliphatic rings. The van der Waals surface area contributed by atoms with Crippen molar-refractivity contribution in [2.24, 2.45) is 0 Å². The van der Waals surface area contributed by atoms with E-state index in [4.69, 9.17) is 16.3 Å². The summed E-state index contributed by atoms with van der Waals surface area (Å²) in [5.74, 6) is -0.515. The molecule has 4 amide bonds. The summed E-state index contributed by atoms with van der Waals surface area (Å²) < 4.78 is 19.2. The van der Waals surface area contributed by atoms with Gasteiger partial charge in [0, 0.05) is 50.3 Å². The molecular formula is C33H39ClFN5O4. The number of anilines is 1. The second-order valence-corrected chi connectivity index (χ2v) is 11.6. The zero-order valence-corrected chi connectivity index (χ0v) is 26.2. The summed E-state index contributed by atoms with van der Waals surface area (Å²) in [4.78, 5) is 43.9. The molecule has 0 aromatic heterocycles. The van der Waals surface area contributed by atoms with E-state index >= 15 is 0 Å². The third-order valence-electron chi connectivity index (χ3n) is 7.68. The molecule has 0 spiro atoms. The van der Waals surface area contributed by atoms with Crippen LogP contribution >= 0.6 is 11.6 Å². The largest absolute Gasteiger partial charge is 0.482 e. The molecular weight excluding hydrogens is 585 g/mol. The van der Waals surface area contributed by atoms with Crippen molar-refractivity contribution < 1.29 is 23.5 Å². The number of hydrogen-bond acceptors (Lipinski definition) is 5. The van der Waals surface area contributed by atoms with E-state index in [1.807, 2.05) is 38.1 Å². The van der Waals surface area contributed by atoms with Gasteiger partial charge in [0.1, 0.15) is 11.6 Å². The topological polar surface area (TPSA) is 94.2 Å². The Labute approximate surface area is 262 Å². The van der Waals surface area contributed by atoms with Gasteiger partial charge >= 0.3 is 6.03 Å². The van der Waals surface area contributed by atoms with Gasteiger partial charge in [0.05, 0.1) is 12.2 Å². The maximum absolute atomic E-state index is 13.3. The van der Waals surface area contributed by atoms with Crippen LogP contribution < -0.4 is 20.3 Å². The Bertz CT molecular complexity index is 1470. The number of carbonyl (C=O) groups excluding carboxylic acids is 3. The summed E-state index contributed by atoms with van der Waals surface area (Å²) in [5, 5.41) is 5.71. The molecule has 44 heavy (non-hydrogen) atoms. The van der Waals surface area contributed by atoms with Crippen LogP contribution in [0.2, 0.25) is 5.02 Å². The van der Waals surface area contributed by atoms with Gasteiger partial charge in [-0.1, -0.05) is 53.6 Å². The number of halogens is 2. The minimum atomic E-state index is -0.470. The van der Waals surface area contributed by atoms with Crippen molar-refractivity contribution >= 4 is 35.1 Å². The number of nitrogens with one attached hydrogen (secondary N) is 2. The van der Waals surface area contributed by atoms with Crippen molar-refractivity contribution in [1.82, 2.24) is 20.4 Å². The first-order valence-electron chi connectivity index (χ1n) is 14.5. The highest BCUT2D eigenvalue weighted by atomic mass is 35.5. The van der Waals surface area contributed by atoms with Gasteiger partial charge in [-0.25, -0.2) is 9.18 Å². The number of aryl methyl sites for hydroxylation is 1. The smallest absolute Gasteiger partial charge is 0.315 e. The van der Waals surface area contributed by atoms with Crippen molar-refractivity contribution in [1.29, 1.82) is 0 Å². The summed E-state index contributed by atoms with van der Waals surface area (Å²) in [6.45, 7) is 7.75. The molecule has 0 bridgehead atoms. The Hall–Kier alpha value is -4.15. The van der Waals surface area contributed by atoms with Gasteiger partial charge in [0.25, 0.3) is 5.91 Å². The molecule has 1 aliphatic heterocycles. The molecule has 2 N–H and O–H groups in total. The van der Waals surface area contributed by atoms with Crippen molar-refractivity contribution in [2.45, 2.75) is 45.9 Å². The first-order valence-corrected chi connectivity index (χ1v) is 14.9. The molecule has 0 radical (unpaired) electrons. The third-order valence-corrected chi connectivity index (χ3v) is 7.91. The summed E-state index contributed by atoms with van der Waals surface area (Å²) in [7, 11) is 1.55. The fourth-order valence-corrected chi connectivity index (χ4v) is 5.33. The molecule has 0 saturated carbocycles. The minimum Gasteiger partial charge on any atom is -0.482 e. The predicted octanol–water partition coefficient (Wildman–Crippen LogP) is 4.75. The molecule has 1 fully saturated rings. The fourth-order valence-electron chi connectivity index (χ4n) is 5.16. The van der Waals surface area contributed by atoms with Gasteiger partial charge in [0.15, 0.2) is 6.61 Å². The van der Waals surface area contributed by atoms with E-state index < -0.39 is 11.9 Å². The van der Waals surface area contributed by atoms with Crippen LogP contribution in [0.4, 0.5) is 14.9 Å². The molecule has 4 rings (SSSR count). The first kappa shape index (κ1) is 32.8. The number of benzene rings is 3. The maximum atomic E-state index is 13.3. The summed E-state index contributed by atoms with van der Waals surface area (Å²) in [5.41, 5.74) is 3.44. The van der Waals surface area contributed by atoms with Crippen molar-refractivity contribution in [3.63, 3.8) is 0 Å². The monoisotopic (exact) mass is 623 g/mol. The van der Waals surface area contributed by atoms with Gasteiger partial charge in [-0.15, -0.1) is 0 Å². The summed E-state index contributed by atoms with van der Waals surface area (Å²) in [6.07, 6.45) is 0. The molecule has 3 aromatic rings. The van der Waals surface area contributed by atoms with Crippen LogP contribution in [0.15, 0.2) is 66.7 Å². The van der Waals surface area contributed by atoms with E-state index in [0.29, 0.717) is 42.6 Å². The minimum absolute atomic E-state index is 0.0557. The average Bonchev–Trinajstić information content (AvgIpc) is 3.00. The molecule has 234 valence electrons. The zero-order chi connectivity index (χ0) is 31.8. The van der Waals surface area contributed by atoms with E-state index in [0.717, 1.165) is 16.7 Å². The lowest BCUT2D eigenvalue weighted by molar-refractivity contribution is -0.139. The first-order chi connectivity index (χ1) is 21.0. The number of piperazine rings is 1. The highest BCUT2D eigenvalue weighted by Crippen LogP contribution is 2.31. The molecule has 0 unspecified atom stereocenters. The predicted molar refractivity (Wildman–Crippen MR) is 169 cm³/mol. The molecule has 9 nitrogen and oxygen atoms in total. The number of urea groups is 1. The summed E-state index contributed by atoms with van der Waals surface area (Å²) >= 11 is 6.23. The Morgan fingerprint density at radius 2 is 1.73 bits per heavy atom. The zero-order valence-electron chi connectivity index (χ0n) is 25.5. The third kappa shape index (κ3) is 8.93. The molecule has 1 heterocycles. The summed E-state index contributed by atoms with van der Waals surface area (Å²) in [6, 6.07) is 18.6. The number of carbonyl (C=O) groups is 3. The Kier molecular flexibility index (Phi) is 11.2. The average molecular weight is 624 g/mol. The molecule has 2 atom stereocenters. The Morgan fingerprint density at radius 1 is 0.977 bits per heavy atom. The second kappa shape index (κ2) is 15.0. The van der Waals surface area contributed by atoms with Crippen LogP contribution in [0.25, 0.3) is 0 Å². The Balaban J connectivity index is 1.30. The van der Waals surface area contributed by atoms with E-state index in [1.54, 1.807) is 42.3 Å². The van der Waals surface area contributed by atoms with Crippen molar-refractivity contribution in [2.75, 3.05) is 38.2 Å². The SMILES string of the molecule is Cc1cccc(CNC(=O)NCC(=O)N(C)c2cc(Cl)ccc2OCC(=O)N2C[C@H](C)N(Cc3ccc(F)cc3)C[C@H]2C)c1. The van der Waals surface area contributed by atoms with Crippen LogP contribution in [0, 0.1) is 12.7 Å². The van der Waals surface area contributed by atoms with Gasteiger partial charge in [-0.3, -0.25) is 14.5 Å². The van der Waals surface area contributed by atoms with Gasteiger partial charge in [-0.05, 0) is 62.2 Å². The normalized spacial score (nSPS) is 16.7. The highest BCUT2D eigenvalue weighted by molar-refractivity contribution is 6.31. The van der Waals surface area contributed by atoms with Crippen LogP contribution in [-0.2, 0) is 22.7 Å². The molecule has 3 aromatic carbocycles. The quantitative estimate of drug-likeness (QED) is 0.340. The van der Waals surface area contributed by atoms with Gasteiger partial charge < -0.3 is 25.2 Å². The molecule has 0 aliphatic carbocycles. The van der Waals surface area contributed by atoms with E-state index in [9.17, 15) is 18.8 Å². The van der Waals surface area contributed by atoms with Crippen molar-refractivity contribution in [3.05, 3.63) is 94.3 Å². The number of ether oxygens (including phenoxy) is 1. The number of nitrogens with zero attached hydrogens (tertiary/aromatic N) is 3. The fraction of sp³-hybridized carbons (Fsp3) is 0.364. The number of amides is 4. The highest BCUT2D eigenvalue weighted by Gasteiger charge is 2.32. The van der Waals surface area contributed by atoms with Gasteiger partial charge in [0.2, 0.25) is 5.91 Å². The maximum Gasteiger partial charge on any atom is 0.315 e. The van der Waals surface area contributed by atoms with E-state index in [2.05, 4.69) is 22.5 Å². The lowest BCUT2D eigenvalue weighted by atomic mass is 10.1. The van der Waals surface area contributed by atoms with Gasteiger partial charge in [-0.2, -0.15) is 0 Å². The number of likely N-dealkylation sites (N-methyl/N-ethyl adjacent to an activating group) is 1. The lowest BCUT2D eigenvalue weighted by Gasteiger charge is -2.44. The van der Waals surface area contributed by atoms with Crippen molar-refractivity contribution in [3.8, 4) is 5.75 Å². The molecule has 11 heteroatoms. The van der Waals surface area contributed by atoms with E-state index in [-0.39, 0.29) is 37.0 Å². The lowest BCUT2D eigenvalue weighted by Crippen LogP contribution is -2.58. The Morgan fingerprint density at radius 3 is 2.45 bits per heavy atom. The molecule has 1 saturated heterocycles. The van der Waals surface area contributed by atoms with Crippen LogP contribution in [0.5, 0.6) is 5.75 Å². The standard InChI is InChI=1S/C33H39ClFN5O4/c1-22-6-5-7-26(14-22)16-36-33(43)37-17-31(41)38(4)29-15-27(34)10-13-30(29)44-21-32(42)40-19-23(2)39(18-24(40)3)20-25-8-11-28(35)12-9-25/h5-15,23-24H,16-21H2,1-4H3,(H2,36,37,43)/t23-,24+/m0/s1. The van der Waals surface area contributed by atoms with Crippen LogP contribution in [0.1, 0.15) is 30.5 Å². The van der Waals surface area contributed by atoms with Crippen LogP contribution in [-0.4, -0.2) is 73.0 Å². The number of rotatable bonds is 10. The second-order valence-electron chi connectivity index (χ2n) is 11.2. The van der Waals surface area contributed by atoms with E-state index in [1.165, 1.54) is 17.0 Å².